The number of rotatable bonds is 9. The Balaban J connectivity index is 1.52. The SMILES string of the molecule is Oc1ccc([C@H](O)CC=C=C(COc2ccccc2)C[C@@H](O)c2cccs2)c2ccccc12. The molecule has 4 nitrogen and oxygen atoms in total. The predicted molar refractivity (Wildman–Crippen MR) is 133 cm³/mol. The summed E-state index contributed by atoms with van der Waals surface area (Å²) in [5.41, 5.74) is 4.80. The van der Waals surface area contributed by atoms with Crippen molar-refractivity contribution in [2.45, 2.75) is 25.0 Å². The molecule has 0 bridgehead atoms. The fraction of sp³-hybridized carbons (Fsp3) is 0.179. The molecule has 168 valence electrons. The second-order valence-corrected chi connectivity index (χ2v) is 8.74. The molecule has 0 saturated heterocycles. The molecule has 4 aromatic rings. The van der Waals surface area contributed by atoms with Gasteiger partial charge in [0, 0.05) is 28.7 Å². The summed E-state index contributed by atoms with van der Waals surface area (Å²) in [4.78, 5) is 0.893. The molecule has 0 aliphatic rings. The number of hydrogen-bond donors (Lipinski definition) is 3. The Labute approximate surface area is 197 Å². The summed E-state index contributed by atoms with van der Waals surface area (Å²) in [6.45, 7) is 0.293. The van der Waals surface area contributed by atoms with Crippen LogP contribution in [-0.2, 0) is 0 Å². The lowest BCUT2D eigenvalue weighted by Crippen LogP contribution is -2.05. The van der Waals surface area contributed by atoms with Crippen LogP contribution in [-0.4, -0.2) is 21.9 Å². The van der Waals surface area contributed by atoms with Crippen molar-refractivity contribution in [3.63, 3.8) is 0 Å². The molecule has 0 amide bonds. The van der Waals surface area contributed by atoms with Gasteiger partial charge in [-0.3, -0.25) is 0 Å². The molecule has 33 heavy (non-hydrogen) atoms. The van der Waals surface area contributed by atoms with Gasteiger partial charge in [0.1, 0.15) is 18.1 Å². The number of fused-ring (bicyclic) bond motifs is 1. The first-order valence-electron chi connectivity index (χ1n) is 10.8. The molecule has 3 N–H and O–H groups in total. The van der Waals surface area contributed by atoms with Gasteiger partial charge in [0.25, 0.3) is 0 Å². The molecule has 5 heteroatoms. The van der Waals surface area contributed by atoms with Crippen LogP contribution >= 0.6 is 11.3 Å². The molecule has 4 rings (SSSR count). The highest BCUT2D eigenvalue weighted by atomic mass is 32.1. The lowest BCUT2D eigenvalue weighted by Gasteiger charge is -2.13. The van der Waals surface area contributed by atoms with Crippen LogP contribution in [0, 0.1) is 0 Å². The third kappa shape index (κ3) is 5.92. The van der Waals surface area contributed by atoms with E-state index < -0.39 is 12.2 Å². The van der Waals surface area contributed by atoms with E-state index in [2.05, 4.69) is 5.73 Å². The van der Waals surface area contributed by atoms with E-state index in [4.69, 9.17) is 4.74 Å². The smallest absolute Gasteiger partial charge is 0.123 e. The molecule has 3 aromatic carbocycles. The molecule has 0 aliphatic heterocycles. The lowest BCUT2D eigenvalue weighted by molar-refractivity contribution is 0.177. The number of phenolic OH excluding ortho intramolecular Hbond substituents is 1. The molecule has 0 saturated carbocycles. The zero-order chi connectivity index (χ0) is 23.0. The first-order chi connectivity index (χ1) is 16.1. The van der Waals surface area contributed by atoms with Gasteiger partial charge >= 0.3 is 0 Å². The van der Waals surface area contributed by atoms with Crippen molar-refractivity contribution in [1.29, 1.82) is 0 Å². The summed E-state index contributed by atoms with van der Waals surface area (Å²) in [5, 5.41) is 35.0. The highest BCUT2D eigenvalue weighted by molar-refractivity contribution is 7.10. The fourth-order valence-electron chi connectivity index (χ4n) is 3.70. The number of aliphatic hydroxyl groups is 2. The summed E-state index contributed by atoms with van der Waals surface area (Å²) < 4.78 is 5.88. The van der Waals surface area contributed by atoms with E-state index in [1.54, 1.807) is 18.2 Å². The van der Waals surface area contributed by atoms with E-state index in [-0.39, 0.29) is 5.75 Å². The third-order valence-electron chi connectivity index (χ3n) is 5.41. The minimum Gasteiger partial charge on any atom is -0.507 e. The summed E-state index contributed by atoms with van der Waals surface area (Å²) in [5.74, 6) is 0.943. The number of para-hydroxylation sites is 1. The van der Waals surface area contributed by atoms with Crippen molar-refractivity contribution in [3.05, 3.63) is 112 Å². The van der Waals surface area contributed by atoms with Gasteiger partial charge in [-0.25, -0.2) is 0 Å². The standard InChI is InChI=1S/C28H26O4S/c29-25(24-15-16-26(30)23-12-5-4-11-22(23)24)13-6-8-20(18-27(31)28-14-7-17-33-28)19-32-21-9-2-1-3-10-21/h1-7,9-12,14-17,25,27,29-31H,13,18-19H2/t8?,25-,27-/m1/s1. The highest BCUT2D eigenvalue weighted by Gasteiger charge is 2.14. The first kappa shape index (κ1) is 22.8. The molecule has 1 heterocycles. The number of aromatic hydroxyl groups is 1. The molecule has 0 radical (unpaired) electrons. The third-order valence-corrected chi connectivity index (χ3v) is 6.38. The van der Waals surface area contributed by atoms with Gasteiger partial charge < -0.3 is 20.1 Å². The minimum absolute atomic E-state index is 0.194. The first-order valence-corrected chi connectivity index (χ1v) is 11.7. The average molecular weight is 459 g/mol. The molecule has 2 atom stereocenters. The number of ether oxygens (including phenoxy) is 1. The molecule has 0 fully saturated rings. The second-order valence-electron chi connectivity index (χ2n) is 7.76. The monoisotopic (exact) mass is 458 g/mol. The topological polar surface area (TPSA) is 69.9 Å². The van der Waals surface area contributed by atoms with Crippen molar-refractivity contribution in [2.75, 3.05) is 6.61 Å². The van der Waals surface area contributed by atoms with Gasteiger partial charge in [0.2, 0.25) is 0 Å². The summed E-state index contributed by atoms with van der Waals surface area (Å²) in [6, 6.07) is 24.2. The average Bonchev–Trinajstić information content (AvgIpc) is 3.39. The normalized spacial score (nSPS) is 12.7. The maximum absolute atomic E-state index is 10.8. The highest BCUT2D eigenvalue weighted by Crippen LogP contribution is 2.32. The van der Waals surface area contributed by atoms with Crippen LogP contribution in [0.3, 0.4) is 0 Å². The van der Waals surface area contributed by atoms with Crippen molar-refractivity contribution in [2.24, 2.45) is 0 Å². The lowest BCUT2D eigenvalue weighted by atomic mass is 9.98. The van der Waals surface area contributed by atoms with Crippen LogP contribution in [0.1, 0.15) is 35.5 Å². The maximum atomic E-state index is 10.8. The van der Waals surface area contributed by atoms with Gasteiger partial charge in [-0.2, -0.15) is 0 Å². The quantitative estimate of drug-likeness (QED) is 0.257. The van der Waals surface area contributed by atoms with Crippen LogP contribution in [0.2, 0.25) is 0 Å². The summed E-state index contributed by atoms with van der Waals surface area (Å²) in [6.07, 6.45) is 1.14. The van der Waals surface area contributed by atoms with E-state index in [9.17, 15) is 15.3 Å². The molecule has 0 unspecified atom stereocenters. The van der Waals surface area contributed by atoms with E-state index in [0.717, 1.165) is 27.1 Å². The molecular formula is C28H26O4S. The Hall–Kier alpha value is -3.34. The molecule has 1 aromatic heterocycles. The number of phenols is 1. The Bertz CT molecular complexity index is 1240. The number of benzene rings is 3. The van der Waals surface area contributed by atoms with Crippen molar-refractivity contribution in [3.8, 4) is 11.5 Å². The number of thiophene rings is 1. The second kappa shape index (κ2) is 11.0. The Morgan fingerprint density at radius 3 is 2.39 bits per heavy atom. The number of hydrogen-bond acceptors (Lipinski definition) is 5. The van der Waals surface area contributed by atoms with Crippen LogP contribution in [0.5, 0.6) is 11.5 Å². The van der Waals surface area contributed by atoms with Crippen molar-refractivity contribution >= 4 is 22.1 Å². The molecule has 0 spiro atoms. The van der Waals surface area contributed by atoms with Crippen LogP contribution in [0.25, 0.3) is 10.8 Å². The van der Waals surface area contributed by atoms with Gasteiger partial charge in [-0.05, 0) is 46.7 Å². The fourth-order valence-corrected chi connectivity index (χ4v) is 4.41. The van der Waals surface area contributed by atoms with Crippen LogP contribution in [0.4, 0.5) is 0 Å². The zero-order valence-electron chi connectivity index (χ0n) is 18.1. The van der Waals surface area contributed by atoms with E-state index in [1.165, 1.54) is 11.3 Å². The van der Waals surface area contributed by atoms with Gasteiger partial charge in [-0.1, -0.05) is 54.6 Å². The van der Waals surface area contributed by atoms with Crippen molar-refractivity contribution in [1.82, 2.24) is 0 Å². The maximum Gasteiger partial charge on any atom is 0.123 e. The van der Waals surface area contributed by atoms with Gasteiger partial charge in [-0.15, -0.1) is 17.1 Å². The Morgan fingerprint density at radius 2 is 1.64 bits per heavy atom. The molecule has 0 aliphatic carbocycles. The zero-order valence-corrected chi connectivity index (χ0v) is 18.9. The van der Waals surface area contributed by atoms with Crippen LogP contribution in [0.15, 0.2) is 102 Å². The summed E-state index contributed by atoms with van der Waals surface area (Å²) in [7, 11) is 0. The predicted octanol–water partition coefficient (Wildman–Crippen LogP) is 6.31. The van der Waals surface area contributed by atoms with Gasteiger partial charge in [0.05, 0.1) is 12.2 Å². The Morgan fingerprint density at radius 1 is 0.879 bits per heavy atom. The summed E-state index contributed by atoms with van der Waals surface area (Å²) >= 11 is 1.51. The van der Waals surface area contributed by atoms with Crippen molar-refractivity contribution < 1.29 is 20.1 Å². The molecular weight excluding hydrogens is 432 g/mol. The largest absolute Gasteiger partial charge is 0.507 e. The van der Waals surface area contributed by atoms with Gasteiger partial charge in [0.15, 0.2) is 0 Å². The Kier molecular flexibility index (Phi) is 7.61. The van der Waals surface area contributed by atoms with E-state index >= 15 is 0 Å². The van der Waals surface area contributed by atoms with Crippen LogP contribution < -0.4 is 4.74 Å². The van der Waals surface area contributed by atoms with E-state index in [0.29, 0.717) is 24.8 Å². The van der Waals surface area contributed by atoms with E-state index in [1.807, 2.05) is 72.1 Å². The minimum atomic E-state index is -0.749. The number of aliphatic hydroxyl groups excluding tert-OH is 2.